The first-order chi connectivity index (χ1) is 16.5. The van der Waals surface area contributed by atoms with E-state index in [9.17, 15) is 14.7 Å². The lowest BCUT2D eigenvalue weighted by atomic mass is 10.0. The van der Waals surface area contributed by atoms with Crippen molar-refractivity contribution in [3.63, 3.8) is 0 Å². The highest BCUT2D eigenvalue weighted by molar-refractivity contribution is 6.18. The molecule has 0 aliphatic heterocycles. The molecule has 0 atom stereocenters. The van der Waals surface area contributed by atoms with Gasteiger partial charge in [-0.2, -0.15) is 5.10 Å². The number of para-hydroxylation sites is 1. The van der Waals surface area contributed by atoms with Crippen molar-refractivity contribution in [3.05, 3.63) is 101 Å². The Balaban J connectivity index is 1.50. The second kappa shape index (κ2) is 8.71. The minimum absolute atomic E-state index is 0.0498. The summed E-state index contributed by atoms with van der Waals surface area (Å²) in [5, 5.41) is 20.6. The summed E-state index contributed by atoms with van der Waals surface area (Å²) in [6, 6.07) is 22.7. The average molecular weight is 451 g/mol. The lowest BCUT2D eigenvalue weighted by Gasteiger charge is -2.05. The molecule has 7 heteroatoms. The van der Waals surface area contributed by atoms with Gasteiger partial charge in [-0.1, -0.05) is 55.5 Å². The molecule has 0 bridgehead atoms. The minimum atomic E-state index is -0.487. The molecule has 5 aromatic rings. The van der Waals surface area contributed by atoms with Crippen LogP contribution in [0.1, 0.15) is 39.1 Å². The van der Waals surface area contributed by atoms with Crippen molar-refractivity contribution in [1.29, 1.82) is 0 Å². The van der Waals surface area contributed by atoms with Gasteiger partial charge in [0.1, 0.15) is 17.0 Å². The molecule has 7 nitrogen and oxygen atoms in total. The van der Waals surface area contributed by atoms with E-state index in [1.54, 1.807) is 54.6 Å². The lowest BCUT2D eigenvalue weighted by Crippen LogP contribution is -2.14. The third-order valence-corrected chi connectivity index (χ3v) is 5.64. The van der Waals surface area contributed by atoms with Gasteiger partial charge >= 0.3 is 0 Å². The molecule has 34 heavy (non-hydrogen) atoms. The van der Waals surface area contributed by atoms with E-state index in [0.717, 1.165) is 12.0 Å². The topological polar surface area (TPSA) is 108 Å². The van der Waals surface area contributed by atoms with Crippen LogP contribution in [0.3, 0.4) is 0 Å². The molecule has 0 saturated heterocycles. The second-order valence-corrected chi connectivity index (χ2v) is 7.82. The fourth-order valence-electron chi connectivity index (χ4n) is 3.82. The van der Waals surface area contributed by atoms with Crippen LogP contribution < -0.4 is 5.32 Å². The summed E-state index contributed by atoms with van der Waals surface area (Å²) in [5.74, 6) is -0.696. The van der Waals surface area contributed by atoms with Crippen LogP contribution in [-0.4, -0.2) is 27.0 Å². The highest BCUT2D eigenvalue weighted by atomic mass is 16.3. The van der Waals surface area contributed by atoms with Gasteiger partial charge in [-0.05, 0) is 42.3 Å². The number of amides is 1. The Morgan fingerprint density at radius 3 is 2.56 bits per heavy atom. The molecule has 0 saturated carbocycles. The summed E-state index contributed by atoms with van der Waals surface area (Å²) in [4.78, 5) is 26.3. The van der Waals surface area contributed by atoms with Crippen LogP contribution in [0.25, 0.3) is 22.2 Å². The molecular formula is C27H21N3O4. The van der Waals surface area contributed by atoms with E-state index in [1.165, 1.54) is 0 Å². The molecule has 5 rings (SSSR count). The molecule has 0 unspecified atom stereocenters. The number of aromatic nitrogens is 2. The van der Waals surface area contributed by atoms with Crippen molar-refractivity contribution in [2.24, 2.45) is 0 Å². The number of rotatable bonds is 6. The number of fused-ring (bicyclic) bond motifs is 1. The third kappa shape index (κ3) is 3.84. The zero-order valence-electron chi connectivity index (χ0n) is 18.3. The van der Waals surface area contributed by atoms with Crippen LogP contribution in [0.4, 0.5) is 5.69 Å². The zero-order chi connectivity index (χ0) is 23.7. The van der Waals surface area contributed by atoms with Crippen molar-refractivity contribution >= 4 is 28.3 Å². The number of hydrogen-bond donors (Lipinski definition) is 3. The molecular weight excluding hydrogens is 430 g/mol. The lowest BCUT2D eigenvalue weighted by molar-refractivity contribution is 0.101. The predicted molar refractivity (Wildman–Crippen MR) is 129 cm³/mol. The summed E-state index contributed by atoms with van der Waals surface area (Å²) in [6.45, 7) is 2.02. The Hall–Kier alpha value is -4.65. The van der Waals surface area contributed by atoms with Crippen molar-refractivity contribution in [1.82, 2.24) is 10.2 Å². The van der Waals surface area contributed by atoms with Gasteiger partial charge in [-0.25, -0.2) is 0 Å². The Labute approximate surface area is 195 Å². The fraction of sp³-hybridized carbons (Fsp3) is 0.0741. The molecule has 0 aliphatic carbocycles. The Morgan fingerprint density at radius 2 is 1.76 bits per heavy atom. The Bertz CT molecular complexity index is 1520. The summed E-state index contributed by atoms with van der Waals surface area (Å²) in [5.41, 5.74) is 3.42. The number of carbonyl (C=O) groups is 2. The first-order valence-electron chi connectivity index (χ1n) is 10.9. The number of hydrogen-bond acceptors (Lipinski definition) is 5. The molecule has 3 aromatic carbocycles. The maximum atomic E-state index is 13.1. The highest BCUT2D eigenvalue weighted by Gasteiger charge is 2.24. The van der Waals surface area contributed by atoms with E-state index in [-0.39, 0.29) is 23.0 Å². The number of furan rings is 1. The van der Waals surface area contributed by atoms with Crippen molar-refractivity contribution in [3.8, 4) is 17.0 Å². The van der Waals surface area contributed by atoms with Crippen molar-refractivity contribution in [2.75, 3.05) is 5.32 Å². The van der Waals surface area contributed by atoms with Crippen LogP contribution in [0.5, 0.6) is 5.75 Å². The number of aromatic amines is 1. The van der Waals surface area contributed by atoms with Gasteiger partial charge in [0.2, 0.25) is 5.78 Å². The normalized spacial score (nSPS) is 11.0. The fourth-order valence-corrected chi connectivity index (χ4v) is 3.82. The monoisotopic (exact) mass is 451 g/mol. The largest absolute Gasteiger partial charge is 0.507 e. The Kier molecular flexibility index (Phi) is 5.43. The van der Waals surface area contributed by atoms with E-state index in [4.69, 9.17) is 4.42 Å². The second-order valence-electron chi connectivity index (χ2n) is 7.82. The number of nitrogens with one attached hydrogen (secondary N) is 2. The highest BCUT2D eigenvalue weighted by Crippen LogP contribution is 2.33. The van der Waals surface area contributed by atoms with Crippen LogP contribution in [0, 0.1) is 0 Å². The van der Waals surface area contributed by atoms with E-state index in [2.05, 4.69) is 15.5 Å². The maximum Gasteiger partial charge on any atom is 0.273 e. The maximum absolute atomic E-state index is 13.1. The van der Waals surface area contributed by atoms with Gasteiger partial charge in [-0.15, -0.1) is 0 Å². The number of phenols is 1. The molecule has 2 aromatic heterocycles. The SMILES string of the molecule is CCc1ccc(O)c(-c2cc(C(=O)Nc3c(C(=O)c4ccccc4)oc4ccccc34)[nH]n2)c1. The van der Waals surface area contributed by atoms with Gasteiger partial charge < -0.3 is 14.8 Å². The van der Waals surface area contributed by atoms with Gasteiger partial charge in [0.05, 0.1) is 11.4 Å². The molecule has 0 radical (unpaired) electrons. The Morgan fingerprint density at radius 1 is 1.00 bits per heavy atom. The summed E-state index contributed by atoms with van der Waals surface area (Å²) in [6.07, 6.45) is 0.802. The van der Waals surface area contributed by atoms with Crippen LogP contribution in [0.15, 0.2) is 83.3 Å². The molecule has 0 fully saturated rings. The first-order valence-corrected chi connectivity index (χ1v) is 10.9. The molecule has 3 N–H and O–H groups in total. The molecule has 2 heterocycles. The standard InChI is InChI=1S/C27H21N3O4/c1-2-16-12-13-22(31)19(14-16)20-15-21(30-29-20)27(33)28-24-18-10-6-7-11-23(18)34-26(24)25(32)17-8-4-3-5-9-17/h3-15,31H,2H2,1H3,(H,28,33)(H,29,30). The van der Waals surface area contributed by atoms with Crippen LogP contribution in [0.2, 0.25) is 0 Å². The van der Waals surface area contributed by atoms with E-state index >= 15 is 0 Å². The molecule has 1 amide bonds. The van der Waals surface area contributed by atoms with Gasteiger partial charge in [-0.3, -0.25) is 14.7 Å². The number of benzene rings is 3. The van der Waals surface area contributed by atoms with E-state index < -0.39 is 5.91 Å². The number of aromatic hydroxyl groups is 1. The summed E-state index contributed by atoms with van der Waals surface area (Å²) >= 11 is 0. The van der Waals surface area contributed by atoms with Crippen LogP contribution >= 0.6 is 0 Å². The third-order valence-electron chi connectivity index (χ3n) is 5.64. The quantitative estimate of drug-likeness (QED) is 0.292. The number of nitrogens with zero attached hydrogens (tertiary/aromatic N) is 1. The number of phenolic OH excluding ortho intramolecular Hbond substituents is 1. The zero-order valence-corrected chi connectivity index (χ0v) is 18.3. The van der Waals surface area contributed by atoms with E-state index in [1.807, 2.05) is 31.2 Å². The predicted octanol–water partition coefficient (Wildman–Crippen LogP) is 5.57. The minimum Gasteiger partial charge on any atom is -0.507 e. The van der Waals surface area contributed by atoms with Crippen LogP contribution in [-0.2, 0) is 6.42 Å². The van der Waals surface area contributed by atoms with Crippen molar-refractivity contribution in [2.45, 2.75) is 13.3 Å². The summed E-state index contributed by atoms with van der Waals surface area (Å²) in [7, 11) is 0. The molecule has 0 aliphatic rings. The van der Waals surface area contributed by atoms with Gasteiger partial charge in [0.25, 0.3) is 5.91 Å². The smallest absolute Gasteiger partial charge is 0.273 e. The first kappa shape index (κ1) is 21.2. The van der Waals surface area contributed by atoms with Gasteiger partial charge in [0.15, 0.2) is 5.76 Å². The average Bonchev–Trinajstić information content (AvgIpc) is 3.50. The molecule has 168 valence electrons. The number of aryl methyl sites for hydroxylation is 1. The number of carbonyl (C=O) groups excluding carboxylic acids is 2. The number of H-pyrrole nitrogens is 1. The summed E-state index contributed by atoms with van der Waals surface area (Å²) < 4.78 is 5.84. The number of anilines is 1. The molecule has 0 spiro atoms. The van der Waals surface area contributed by atoms with Crippen molar-refractivity contribution < 1.29 is 19.1 Å². The van der Waals surface area contributed by atoms with E-state index in [0.29, 0.717) is 33.5 Å². The number of ketones is 1. The van der Waals surface area contributed by atoms with Gasteiger partial charge in [0, 0.05) is 16.5 Å².